The van der Waals surface area contributed by atoms with Gasteiger partial charge in [0.2, 0.25) is 5.89 Å². The minimum absolute atomic E-state index is 0.194. The zero-order valence-corrected chi connectivity index (χ0v) is 16.7. The first-order valence-electron chi connectivity index (χ1n) is 8.90. The van der Waals surface area contributed by atoms with Gasteiger partial charge in [-0.2, -0.15) is 10.1 Å². The average molecular weight is 406 g/mol. The van der Waals surface area contributed by atoms with E-state index in [-0.39, 0.29) is 5.91 Å². The molecule has 0 aliphatic heterocycles. The summed E-state index contributed by atoms with van der Waals surface area (Å²) in [4.78, 5) is 22.3. The minimum atomic E-state index is -0.194. The molecule has 2 aromatic carbocycles. The van der Waals surface area contributed by atoms with Crippen molar-refractivity contribution in [3.05, 3.63) is 71.6 Å². The fraction of sp³-hybridized carbons (Fsp3) is 0.150. The number of carbonyl (C=O) groups is 1. The van der Waals surface area contributed by atoms with Gasteiger partial charge in [0.25, 0.3) is 5.91 Å². The molecule has 9 heteroatoms. The second-order valence-electron chi connectivity index (χ2n) is 6.29. The van der Waals surface area contributed by atoms with E-state index in [2.05, 4.69) is 30.6 Å². The van der Waals surface area contributed by atoms with Crippen LogP contribution in [-0.2, 0) is 5.75 Å². The highest BCUT2D eigenvalue weighted by molar-refractivity contribution is 7.98. The van der Waals surface area contributed by atoms with Crippen LogP contribution in [0.4, 0.5) is 5.69 Å². The van der Waals surface area contributed by atoms with Crippen LogP contribution in [0.5, 0.6) is 0 Å². The van der Waals surface area contributed by atoms with E-state index >= 15 is 0 Å². The molecule has 0 radical (unpaired) electrons. The molecule has 2 N–H and O–H groups in total. The molecule has 4 aromatic rings. The van der Waals surface area contributed by atoms with Gasteiger partial charge in [-0.3, -0.25) is 9.89 Å². The summed E-state index contributed by atoms with van der Waals surface area (Å²) in [7, 11) is 0. The lowest BCUT2D eigenvalue weighted by Gasteiger charge is -2.10. The first-order valence-corrected chi connectivity index (χ1v) is 9.89. The van der Waals surface area contributed by atoms with Gasteiger partial charge >= 0.3 is 0 Å². The number of carbonyl (C=O) groups excluding carboxylic acids is 1. The van der Waals surface area contributed by atoms with Crippen LogP contribution in [0.25, 0.3) is 11.4 Å². The number of amides is 1. The molecular formula is C20H18N6O2S. The third kappa shape index (κ3) is 4.52. The summed E-state index contributed by atoms with van der Waals surface area (Å²) < 4.78 is 4.99. The van der Waals surface area contributed by atoms with Gasteiger partial charge in [0.15, 0.2) is 11.6 Å². The maximum atomic E-state index is 12.9. The van der Waals surface area contributed by atoms with Gasteiger partial charge in [-0.05, 0) is 31.2 Å². The Balaban J connectivity index is 1.50. The Bertz CT molecular complexity index is 1150. The molecule has 1 amide bonds. The van der Waals surface area contributed by atoms with E-state index in [1.54, 1.807) is 13.0 Å². The van der Waals surface area contributed by atoms with E-state index in [1.807, 2.05) is 49.4 Å². The molecule has 29 heavy (non-hydrogen) atoms. The second-order valence-corrected chi connectivity index (χ2v) is 7.31. The van der Waals surface area contributed by atoms with Crippen molar-refractivity contribution in [1.29, 1.82) is 0 Å². The van der Waals surface area contributed by atoms with Crippen molar-refractivity contribution in [2.75, 3.05) is 5.32 Å². The molecule has 0 bridgehead atoms. The smallest absolute Gasteiger partial charge is 0.256 e. The van der Waals surface area contributed by atoms with E-state index in [9.17, 15) is 4.79 Å². The predicted molar refractivity (Wildman–Crippen MR) is 110 cm³/mol. The van der Waals surface area contributed by atoms with Gasteiger partial charge in [-0.15, -0.1) is 11.8 Å². The first-order chi connectivity index (χ1) is 14.1. The Morgan fingerprint density at radius 1 is 1.14 bits per heavy atom. The number of aromatic nitrogens is 5. The summed E-state index contributed by atoms with van der Waals surface area (Å²) in [5, 5.41) is 13.8. The molecule has 0 unspecified atom stereocenters. The van der Waals surface area contributed by atoms with Crippen molar-refractivity contribution >= 4 is 23.4 Å². The largest absolute Gasteiger partial charge is 0.340 e. The van der Waals surface area contributed by atoms with Crippen LogP contribution in [0.2, 0.25) is 0 Å². The van der Waals surface area contributed by atoms with Crippen LogP contribution in [0, 0.1) is 13.8 Å². The van der Waals surface area contributed by atoms with Crippen molar-refractivity contribution in [2.45, 2.75) is 24.5 Å². The zero-order valence-electron chi connectivity index (χ0n) is 15.8. The van der Waals surface area contributed by atoms with Crippen molar-refractivity contribution in [3.8, 4) is 11.4 Å². The number of hydrogen-bond donors (Lipinski definition) is 2. The Morgan fingerprint density at radius 2 is 2.00 bits per heavy atom. The van der Waals surface area contributed by atoms with E-state index < -0.39 is 0 Å². The molecule has 0 aliphatic rings. The number of nitrogens with one attached hydrogen (secondary N) is 2. The number of anilines is 1. The maximum Gasteiger partial charge on any atom is 0.256 e. The zero-order chi connectivity index (χ0) is 20.2. The summed E-state index contributed by atoms with van der Waals surface area (Å²) >= 11 is 1.49. The standard InChI is InChI=1S/C20H18N6O2S/c1-12-21-19(25-24-12)14-6-5-7-15(10-14)23-20(27)16-8-3-4-9-17(16)29-11-18-22-13(2)28-26-18/h3-10H,11H2,1-2H3,(H,23,27)(H,21,24,25). The second kappa shape index (κ2) is 8.27. The summed E-state index contributed by atoms with van der Waals surface area (Å²) in [5.41, 5.74) is 2.07. The molecule has 0 saturated heterocycles. The summed E-state index contributed by atoms with van der Waals surface area (Å²) in [6.45, 7) is 3.59. The van der Waals surface area contributed by atoms with E-state index in [0.717, 1.165) is 16.3 Å². The number of nitrogens with zero attached hydrogens (tertiary/aromatic N) is 4. The fourth-order valence-corrected chi connectivity index (χ4v) is 3.62. The number of thioether (sulfide) groups is 1. The normalized spacial score (nSPS) is 10.8. The van der Waals surface area contributed by atoms with Crippen LogP contribution < -0.4 is 5.32 Å². The quantitative estimate of drug-likeness (QED) is 0.465. The monoisotopic (exact) mass is 406 g/mol. The SMILES string of the molecule is Cc1nc(-c2cccc(NC(=O)c3ccccc3SCc3noc(C)n3)c2)n[nH]1. The van der Waals surface area contributed by atoms with Crippen LogP contribution in [0.1, 0.15) is 27.9 Å². The van der Waals surface area contributed by atoms with Gasteiger partial charge in [0, 0.05) is 23.1 Å². The topological polar surface area (TPSA) is 110 Å². The van der Waals surface area contributed by atoms with Crippen LogP contribution in [0.3, 0.4) is 0 Å². The first kappa shape index (κ1) is 18.9. The Kier molecular flexibility index (Phi) is 5.39. The highest BCUT2D eigenvalue weighted by Crippen LogP contribution is 2.27. The Labute approximate surface area is 171 Å². The summed E-state index contributed by atoms with van der Waals surface area (Å²) in [6, 6.07) is 14.9. The number of aromatic amines is 1. The van der Waals surface area contributed by atoms with Gasteiger partial charge < -0.3 is 9.84 Å². The molecule has 4 rings (SSSR count). The predicted octanol–water partition coefficient (Wildman–Crippen LogP) is 4.02. The molecule has 0 fully saturated rings. The van der Waals surface area contributed by atoms with E-state index in [1.165, 1.54) is 11.8 Å². The molecule has 2 aromatic heterocycles. The molecular weight excluding hydrogens is 388 g/mol. The van der Waals surface area contributed by atoms with Gasteiger partial charge in [0.1, 0.15) is 5.82 Å². The fourth-order valence-electron chi connectivity index (χ4n) is 2.73. The van der Waals surface area contributed by atoms with Crippen LogP contribution in [0.15, 0.2) is 57.9 Å². The van der Waals surface area contributed by atoms with Crippen LogP contribution in [-0.4, -0.2) is 31.2 Å². The van der Waals surface area contributed by atoms with Gasteiger partial charge in [-0.1, -0.05) is 29.4 Å². The minimum Gasteiger partial charge on any atom is -0.340 e. The average Bonchev–Trinajstić information content (AvgIpc) is 3.35. The van der Waals surface area contributed by atoms with Crippen molar-refractivity contribution in [2.24, 2.45) is 0 Å². The van der Waals surface area contributed by atoms with Crippen molar-refractivity contribution in [1.82, 2.24) is 25.3 Å². The number of hydrogen-bond acceptors (Lipinski definition) is 7. The van der Waals surface area contributed by atoms with Gasteiger partial charge in [-0.25, -0.2) is 4.98 Å². The maximum absolute atomic E-state index is 12.9. The van der Waals surface area contributed by atoms with Crippen molar-refractivity contribution < 1.29 is 9.32 Å². The number of benzene rings is 2. The molecule has 8 nitrogen and oxygen atoms in total. The van der Waals surface area contributed by atoms with Gasteiger partial charge in [0.05, 0.1) is 11.3 Å². The molecule has 0 aliphatic carbocycles. The number of H-pyrrole nitrogens is 1. The lowest BCUT2D eigenvalue weighted by atomic mass is 10.1. The third-order valence-electron chi connectivity index (χ3n) is 4.03. The number of rotatable bonds is 6. The lowest BCUT2D eigenvalue weighted by Crippen LogP contribution is -2.13. The van der Waals surface area contributed by atoms with Crippen molar-refractivity contribution in [3.63, 3.8) is 0 Å². The summed E-state index contributed by atoms with van der Waals surface area (Å²) in [5.74, 6) is 2.76. The Hall–Kier alpha value is -3.46. The lowest BCUT2D eigenvalue weighted by molar-refractivity contribution is 0.102. The van der Waals surface area contributed by atoms with E-state index in [0.29, 0.717) is 34.5 Å². The highest BCUT2D eigenvalue weighted by atomic mass is 32.2. The summed E-state index contributed by atoms with van der Waals surface area (Å²) in [6.07, 6.45) is 0. The molecule has 0 saturated carbocycles. The molecule has 0 atom stereocenters. The third-order valence-corrected chi connectivity index (χ3v) is 5.10. The molecule has 0 spiro atoms. The molecule has 146 valence electrons. The molecule has 2 heterocycles. The highest BCUT2D eigenvalue weighted by Gasteiger charge is 2.14. The Morgan fingerprint density at radius 3 is 2.76 bits per heavy atom. The van der Waals surface area contributed by atoms with Crippen LogP contribution >= 0.6 is 11.8 Å². The number of aryl methyl sites for hydroxylation is 2. The van der Waals surface area contributed by atoms with E-state index in [4.69, 9.17) is 4.52 Å².